The van der Waals surface area contributed by atoms with Crippen molar-refractivity contribution in [3.63, 3.8) is 0 Å². The minimum absolute atomic E-state index is 0.0123. The van der Waals surface area contributed by atoms with Crippen LogP contribution in [0.5, 0.6) is 0 Å². The van der Waals surface area contributed by atoms with Crippen LogP contribution in [0.1, 0.15) is 44.1 Å². The summed E-state index contributed by atoms with van der Waals surface area (Å²) in [6, 6.07) is 7.66. The van der Waals surface area contributed by atoms with Crippen molar-refractivity contribution in [1.82, 2.24) is 5.32 Å². The van der Waals surface area contributed by atoms with Crippen LogP contribution in [0, 0.1) is 11.8 Å². The molecule has 0 spiro atoms. The van der Waals surface area contributed by atoms with Crippen LogP contribution in [0.2, 0.25) is 5.02 Å². The molecule has 1 heterocycles. The number of rotatable bonds is 9. The highest BCUT2D eigenvalue weighted by Gasteiger charge is 2.38. The molecule has 1 aliphatic carbocycles. The third-order valence-electron chi connectivity index (χ3n) is 5.14. The predicted molar refractivity (Wildman–Crippen MR) is 104 cm³/mol. The monoisotopic (exact) mass is 393 g/mol. The van der Waals surface area contributed by atoms with Gasteiger partial charge in [-0.1, -0.05) is 23.7 Å². The number of ether oxygens (including phenoxy) is 2. The maximum atomic E-state index is 12.6. The summed E-state index contributed by atoms with van der Waals surface area (Å²) in [5, 5.41) is 12.9. The number of allylic oxidation sites excluding steroid dienone is 1. The average molecular weight is 394 g/mol. The topological polar surface area (TPSA) is 67.8 Å². The Bertz CT molecular complexity index is 657. The Morgan fingerprint density at radius 3 is 2.70 bits per heavy atom. The van der Waals surface area contributed by atoms with E-state index in [9.17, 15) is 9.90 Å². The number of benzene rings is 1. The molecule has 1 aliphatic heterocycles. The van der Waals surface area contributed by atoms with Gasteiger partial charge in [0.25, 0.3) is 5.91 Å². The molecule has 0 bridgehead atoms. The Balaban J connectivity index is 1.86. The van der Waals surface area contributed by atoms with Crippen LogP contribution in [-0.4, -0.2) is 37.1 Å². The Morgan fingerprint density at radius 1 is 1.33 bits per heavy atom. The molecule has 0 radical (unpaired) electrons. The molecular weight excluding hydrogens is 366 g/mol. The van der Waals surface area contributed by atoms with Crippen molar-refractivity contribution in [2.75, 3.05) is 19.8 Å². The van der Waals surface area contributed by atoms with Gasteiger partial charge in [-0.2, -0.15) is 0 Å². The molecule has 1 saturated carbocycles. The zero-order chi connectivity index (χ0) is 19.2. The smallest absolute Gasteiger partial charge is 0.286 e. The minimum atomic E-state index is -0.520. The summed E-state index contributed by atoms with van der Waals surface area (Å²) in [6.45, 7) is 3.21. The molecule has 2 aliphatic rings. The Labute approximate surface area is 165 Å². The SMILES string of the molecule is CCO[C@H]1OC(C(=O)NCC2CC2)=C[C@@H](c2ccc(Cl)cc2)[C@@H]1CCCO. The molecule has 3 atom stereocenters. The maximum Gasteiger partial charge on any atom is 0.286 e. The first kappa shape index (κ1) is 20.2. The molecule has 5 nitrogen and oxygen atoms in total. The van der Waals surface area contributed by atoms with Gasteiger partial charge in [0.05, 0.1) is 0 Å². The fourth-order valence-electron chi connectivity index (χ4n) is 3.48. The fourth-order valence-corrected chi connectivity index (χ4v) is 3.60. The van der Waals surface area contributed by atoms with Gasteiger partial charge >= 0.3 is 0 Å². The second-order valence-corrected chi connectivity index (χ2v) is 7.67. The molecule has 3 rings (SSSR count). The molecule has 27 heavy (non-hydrogen) atoms. The molecular formula is C21H28ClNO4. The summed E-state index contributed by atoms with van der Waals surface area (Å²) < 4.78 is 11.8. The van der Waals surface area contributed by atoms with Gasteiger partial charge in [0, 0.05) is 36.6 Å². The quantitative estimate of drug-likeness (QED) is 0.672. The average Bonchev–Trinajstić information content (AvgIpc) is 3.50. The zero-order valence-corrected chi connectivity index (χ0v) is 16.5. The predicted octanol–water partition coefficient (Wildman–Crippen LogP) is 3.62. The summed E-state index contributed by atoms with van der Waals surface area (Å²) in [6.07, 6.45) is 5.12. The lowest BCUT2D eigenvalue weighted by atomic mass is 9.80. The number of aliphatic hydroxyl groups excluding tert-OH is 1. The first-order chi connectivity index (χ1) is 13.1. The minimum Gasteiger partial charge on any atom is -0.459 e. The van der Waals surface area contributed by atoms with E-state index in [2.05, 4.69) is 5.32 Å². The van der Waals surface area contributed by atoms with Gasteiger partial charge < -0.3 is 19.9 Å². The molecule has 1 amide bonds. The highest BCUT2D eigenvalue weighted by atomic mass is 35.5. The van der Waals surface area contributed by atoms with E-state index < -0.39 is 6.29 Å². The fraction of sp³-hybridized carbons (Fsp3) is 0.571. The van der Waals surface area contributed by atoms with Crippen molar-refractivity contribution in [3.05, 3.63) is 46.7 Å². The number of carbonyl (C=O) groups is 1. The zero-order valence-electron chi connectivity index (χ0n) is 15.7. The van der Waals surface area contributed by atoms with Gasteiger partial charge in [0.2, 0.25) is 6.29 Å². The number of aliphatic hydroxyl groups is 1. The Hall–Kier alpha value is -1.56. The van der Waals surface area contributed by atoms with E-state index in [1.165, 1.54) is 12.8 Å². The van der Waals surface area contributed by atoms with Crippen LogP contribution in [0.3, 0.4) is 0 Å². The van der Waals surface area contributed by atoms with Crippen LogP contribution in [-0.2, 0) is 14.3 Å². The van der Waals surface area contributed by atoms with Crippen LogP contribution < -0.4 is 5.32 Å². The number of nitrogens with one attached hydrogen (secondary N) is 1. The Kier molecular flexibility index (Phi) is 7.16. The lowest BCUT2D eigenvalue weighted by molar-refractivity contribution is -0.166. The van der Waals surface area contributed by atoms with Crippen molar-refractivity contribution >= 4 is 17.5 Å². The standard InChI is InChI=1S/C21H28ClNO4/c1-2-26-21-17(4-3-11-24)18(15-7-9-16(22)10-8-15)12-19(27-21)20(25)23-13-14-5-6-14/h7-10,12,14,17-18,21,24H,2-6,11,13H2,1H3,(H,23,25)/t17-,18-,21-/m0/s1. The van der Waals surface area contributed by atoms with E-state index in [4.69, 9.17) is 21.1 Å². The Morgan fingerprint density at radius 2 is 2.07 bits per heavy atom. The van der Waals surface area contributed by atoms with Gasteiger partial charge in [-0.3, -0.25) is 4.79 Å². The van der Waals surface area contributed by atoms with E-state index in [1.54, 1.807) is 0 Å². The van der Waals surface area contributed by atoms with Gasteiger partial charge in [-0.15, -0.1) is 0 Å². The van der Waals surface area contributed by atoms with Crippen LogP contribution in [0.25, 0.3) is 0 Å². The van der Waals surface area contributed by atoms with Crippen molar-refractivity contribution in [2.45, 2.75) is 44.8 Å². The molecule has 2 N–H and O–H groups in total. The van der Waals surface area contributed by atoms with Crippen molar-refractivity contribution in [2.24, 2.45) is 11.8 Å². The normalized spacial score (nSPS) is 24.9. The largest absolute Gasteiger partial charge is 0.459 e. The first-order valence-electron chi connectivity index (χ1n) is 9.77. The molecule has 1 aromatic rings. The highest BCUT2D eigenvalue weighted by molar-refractivity contribution is 6.30. The van der Waals surface area contributed by atoms with Crippen LogP contribution in [0.15, 0.2) is 36.1 Å². The molecule has 0 saturated heterocycles. The maximum absolute atomic E-state index is 12.6. The van der Waals surface area contributed by atoms with Gasteiger partial charge in [0.15, 0.2) is 5.76 Å². The van der Waals surface area contributed by atoms with Gasteiger partial charge in [-0.25, -0.2) is 0 Å². The number of amides is 1. The first-order valence-corrected chi connectivity index (χ1v) is 10.1. The number of halogens is 1. The second kappa shape index (κ2) is 9.58. The molecule has 1 fully saturated rings. The van der Waals surface area contributed by atoms with E-state index in [0.29, 0.717) is 36.3 Å². The van der Waals surface area contributed by atoms with Crippen molar-refractivity contribution in [1.29, 1.82) is 0 Å². The van der Waals surface area contributed by atoms with Gasteiger partial charge in [0.1, 0.15) is 0 Å². The number of carbonyl (C=O) groups excluding carboxylic acids is 1. The molecule has 6 heteroatoms. The third-order valence-corrected chi connectivity index (χ3v) is 5.39. The lowest BCUT2D eigenvalue weighted by Gasteiger charge is -2.37. The highest BCUT2D eigenvalue weighted by Crippen LogP contribution is 2.39. The van der Waals surface area contributed by atoms with E-state index >= 15 is 0 Å². The van der Waals surface area contributed by atoms with Gasteiger partial charge in [-0.05, 0) is 62.3 Å². The third kappa shape index (κ3) is 5.47. The second-order valence-electron chi connectivity index (χ2n) is 7.23. The van der Waals surface area contributed by atoms with E-state index in [-0.39, 0.29) is 24.3 Å². The molecule has 0 aromatic heterocycles. The molecule has 0 unspecified atom stereocenters. The van der Waals surface area contributed by atoms with E-state index in [1.807, 2.05) is 37.3 Å². The van der Waals surface area contributed by atoms with Crippen LogP contribution >= 0.6 is 11.6 Å². The van der Waals surface area contributed by atoms with Crippen molar-refractivity contribution < 1.29 is 19.4 Å². The summed E-state index contributed by atoms with van der Waals surface area (Å²) in [5.41, 5.74) is 1.06. The summed E-state index contributed by atoms with van der Waals surface area (Å²) in [5.74, 6) is 0.699. The molecule has 148 valence electrons. The number of hydrogen-bond donors (Lipinski definition) is 2. The lowest BCUT2D eigenvalue weighted by Crippen LogP contribution is -2.39. The van der Waals surface area contributed by atoms with E-state index in [0.717, 1.165) is 12.0 Å². The summed E-state index contributed by atoms with van der Waals surface area (Å²) in [7, 11) is 0. The summed E-state index contributed by atoms with van der Waals surface area (Å²) in [4.78, 5) is 12.6. The number of hydrogen-bond acceptors (Lipinski definition) is 4. The van der Waals surface area contributed by atoms with Crippen LogP contribution in [0.4, 0.5) is 0 Å². The summed E-state index contributed by atoms with van der Waals surface area (Å²) >= 11 is 6.04. The molecule has 1 aromatic carbocycles. The van der Waals surface area contributed by atoms with Crippen molar-refractivity contribution in [3.8, 4) is 0 Å².